The molecule has 0 aromatic carbocycles. The molecule has 0 spiro atoms. The van der Waals surface area contributed by atoms with E-state index in [-0.39, 0.29) is 5.78 Å². The van der Waals surface area contributed by atoms with Crippen LogP contribution in [0.4, 0.5) is 5.13 Å². The fourth-order valence-corrected chi connectivity index (χ4v) is 1.80. The lowest BCUT2D eigenvalue weighted by atomic mass is 10.3. The van der Waals surface area contributed by atoms with Gasteiger partial charge in [0, 0.05) is 0 Å². The van der Waals surface area contributed by atoms with Crippen molar-refractivity contribution in [3.05, 3.63) is 10.6 Å². The second-order valence-corrected chi connectivity index (χ2v) is 4.16. The highest BCUT2D eigenvalue weighted by atomic mass is 32.1. The van der Waals surface area contributed by atoms with Crippen LogP contribution in [0, 0.1) is 6.92 Å². The van der Waals surface area contributed by atoms with Crippen LogP contribution in [0.5, 0.6) is 0 Å². The Morgan fingerprint density at radius 3 is 2.62 bits per heavy atom. The van der Waals surface area contributed by atoms with Gasteiger partial charge in [0.15, 0.2) is 10.9 Å². The van der Waals surface area contributed by atoms with Crippen LogP contribution in [-0.4, -0.2) is 36.3 Å². The van der Waals surface area contributed by atoms with Gasteiger partial charge in [-0.3, -0.25) is 4.79 Å². The Labute approximate surface area is 81.4 Å². The molecule has 0 radical (unpaired) electrons. The third kappa shape index (κ3) is 2.50. The van der Waals surface area contributed by atoms with E-state index in [0.717, 1.165) is 5.69 Å². The summed E-state index contributed by atoms with van der Waals surface area (Å²) in [7, 11) is 3.72. The summed E-state index contributed by atoms with van der Waals surface area (Å²) in [5, 5.41) is 0.458. The summed E-state index contributed by atoms with van der Waals surface area (Å²) in [5.74, 6) is 0.0803. The molecule has 0 unspecified atom stereocenters. The predicted octanol–water partition coefficient (Wildman–Crippen LogP) is 0.778. The highest BCUT2D eigenvalue weighted by molar-refractivity contribution is 7.17. The van der Waals surface area contributed by atoms with Crippen LogP contribution in [0.3, 0.4) is 0 Å². The van der Waals surface area contributed by atoms with Crippen molar-refractivity contribution in [2.24, 2.45) is 0 Å². The summed E-state index contributed by atoms with van der Waals surface area (Å²) in [6, 6.07) is 0. The van der Waals surface area contributed by atoms with E-state index in [1.54, 1.807) is 6.92 Å². The molecular formula is C8H13N3OS. The lowest BCUT2D eigenvalue weighted by molar-refractivity contribution is 0.0961. The fraction of sp³-hybridized carbons (Fsp3) is 0.500. The van der Waals surface area contributed by atoms with Crippen LogP contribution >= 0.6 is 11.3 Å². The van der Waals surface area contributed by atoms with E-state index in [4.69, 9.17) is 5.73 Å². The van der Waals surface area contributed by atoms with E-state index in [9.17, 15) is 4.79 Å². The Kier molecular flexibility index (Phi) is 3.00. The molecule has 0 aliphatic rings. The van der Waals surface area contributed by atoms with E-state index in [1.165, 1.54) is 11.3 Å². The minimum Gasteiger partial charge on any atom is -0.375 e. The lowest BCUT2D eigenvalue weighted by Crippen LogP contribution is -2.21. The number of rotatable bonds is 3. The van der Waals surface area contributed by atoms with Gasteiger partial charge in [0.05, 0.1) is 17.1 Å². The zero-order chi connectivity index (χ0) is 10.0. The first kappa shape index (κ1) is 10.1. The molecule has 13 heavy (non-hydrogen) atoms. The Hall–Kier alpha value is -0.940. The van der Waals surface area contributed by atoms with Crippen LogP contribution in [0.15, 0.2) is 0 Å². The number of anilines is 1. The monoisotopic (exact) mass is 199 g/mol. The molecule has 0 aliphatic heterocycles. The van der Waals surface area contributed by atoms with E-state index < -0.39 is 0 Å². The normalized spacial score (nSPS) is 10.8. The van der Waals surface area contributed by atoms with Crippen molar-refractivity contribution in [2.75, 3.05) is 26.4 Å². The van der Waals surface area contributed by atoms with Crippen molar-refractivity contribution < 1.29 is 4.79 Å². The first-order valence-electron chi connectivity index (χ1n) is 3.91. The molecule has 0 saturated carbocycles. The molecule has 1 rings (SSSR count). The number of ketones is 1. The third-order valence-electron chi connectivity index (χ3n) is 1.53. The summed E-state index contributed by atoms with van der Waals surface area (Å²) in [5.41, 5.74) is 6.22. The summed E-state index contributed by atoms with van der Waals surface area (Å²) in [6.07, 6.45) is 0. The Morgan fingerprint density at radius 2 is 2.23 bits per heavy atom. The van der Waals surface area contributed by atoms with Gasteiger partial charge >= 0.3 is 0 Å². The fourth-order valence-electron chi connectivity index (χ4n) is 1.04. The summed E-state index contributed by atoms with van der Waals surface area (Å²) < 4.78 is 0. The molecule has 0 aliphatic carbocycles. The van der Waals surface area contributed by atoms with Crippen LogP contribution < -0.4 is 5.73 Å². The molecule has 0 atom stereocenters. The van der Waals surface area contributed by atoms with Gasteiger partial charge in [0.1, 0.15) is 0 Å². The van der Waals surface area contributed by atoms with Gasteiger partial charge in [0.25, 0.3) is 0 Å². The Balaban J connectivity index is 2.82. The van der Waals surface area contributed by atoms with E-state index >= 15 is 0 Å². The van der Waals surface area contributed by atoms with Crippen LogP contribution in [0.1, 0.15) is 15.4 Å². The van der Waals surface area contributed by atoms with Crippen molar-refractivity contribution in [1.82, 2.24) is 9.88 Å². The minimum absolute atomic E-state index is 0.0803. The second kappa shape index (κ2) is 3.85. The minimum atomic E-state index is 0.0803. The molecule has 1 heterocycles. The van der Waals surface area contributed by atoms with Crippen molar-refractivity contribution in [1.29, 1.82) is 0 Å². The predicted molar refractivity (Wildman–Crippen MR) is 54.1 cm³/mol. The topological polar surface area (TPSA) is 59.2 Å². The third-order valence-corrected chi connectivity index (χ3v) is 2.55. The summed E-state index contributed by atoms with van der Waals surface area (Å²) >= 11 is 1.25. The van der Waals surface area contributed by atoms with Gasteiger partial charge in [-0.2, -0.15) is 0 Å². The molecule has 2 N–H and O–H groups in total. The maximum absolute atomic E-state index is 11.6. The average Bonchev–Trinajstić information content (AvgIpc) is 2.28. The number of nitrogens with two attached hydrogens (primary N) is 1. The van der Waals surface area contributed by atoms with Crippen LogP contribution in [0.25, 0.3) is 0 Å². The largest absolute Gasteiger partial charge is 0.375 e. The van der Waals surface area contributed by atoms with Crippen LogP contribution in [-0.2, 0) is 0 Å². The molecular weight excluding hydrogens is 186 g/mol. The molecule has 0 fully saturated rings. The van der Waals surface area contributed by atoms with Crippen molar-refractivity contribution in [3.63, 3.8) is 0 Å². The summed E-state index contributed by atoms with van der Waals surface area (Å²) in [6.45, 7) is 2.21. The maximum atomic E-state index is 11.6. The van der Waals surface area contributed by atoms with Crippen molar-refractivity contribution >= 4 is 22.3 Å². The number of carbonyl (C=O) groups is 1. The van der Waals surface area contributed by atoms with Gasteiger partial charge in [-0.25, -0.2) is 4.98 Å². The van der Waals surface area contributed by atoms with E-state index in [1.807, 2.05) is 19.0 Å². The molecule has 1 aromatic rings. The first-order chi connectivity index (χ1) is 6.00. The molecule has 0 bridgehead atoms. The molecule has 0 saturated heterocycles. The second-order valence-electron chi connectivity index (χ2n) is 3.13. The van der Waals surface area contributed by atoms with E-state index in [0.29, 0.717) is 16.6 Å². The van der Waals surface area contributed by atoms with Gasteiger partial charge in [-0.05, 0) is 21.0 Å². The first-order valence-corrected chi connectivity index (χ1v) is 4.73. The number of Topliss-reactive ketones (excluding diaryl/α,β-unsaturated/α-hetero) is 1. The highest BCUT2D eigenvalue weighted by Crippen LogP contribution is 2.19. The molecule has 4 nitrogen and oxygen atoms in total. The smallest absolute Gasteiger partial charge is 0.188 e. The maximum Gasteiger partial charge on any atom is 0.188 e. The van der Waals surface area contributed by atoms with Crippen LogP contribution in [0.2, 0.25) is 0 Å². The number of aromatic nitrogens is 1. The standard InChI is InChI=1S/C8H13N3OS/c1-5-7(13-8(9)10-5)6(12)4-11(2)3/h4H2,1-3H3,(H2,9,10). The molecule has 72 valence electrons. The van der Waals surface area contributed by atoms with Gasteiger partial charge in [-0.1, -0.05) is 11.3 Å². The van der Waals surface area contributed by atoms with Gasteiger partial charge in [0.2, 0.25) is 0 Å². The molecule has 0 amide bonds. The highest BCUT2D eigenvalue weighted by Gasteiger charge is 2.14. The van der Waals surface area contributed by atoms with Gasteiger partial charge < -0.3 is 10.6 Å². The summed E-state index contributed by atoms with van der Waals surface area (Å²) in [4.78, 5) is 18.1. The number of hydrogen-bond donors (Lipinski definition) is 1. The lowest BCUT2D eigenvalue weighted by Gasteiger charge is -2.06. The number of thiazole rings is 1. The zero-order valence-electron chi connectivity index (χ0n) is 8.00. The Bertz CT molecular complexity index is 319. The molecule has 1 aromatic heterocycles. The number of likely N-dealkylation sites (N-methyl/N-ethyl adjacent to an activating group) is 1. The van der Waals surface area contributed by atoms with Gasteiger partial charge in [-0.15, -0.1) is 0 Å². The van der Waals surface area contributed by atoms with E-state index in [2.05, 4.69) is 4.98 Å². The molecule has 5 heteroatoms. The van der Waals surface area contributed by atoms with Crippen molar-refractivity contribution in [2.45, 2.75) is 6.92 Å². The number of nitrogens with zero attached hydrogens (tertiary/aromatic N) is 2. The Morgan fingerprint density at radius 1 is 1.62 bits per heavy atom. The number of hydrogen-bond acceptors (Lipinski definition) is 5. The van der Waals surface area contributed by atoms with Crippen molar-refractivity contribution in [3.8, 4) is 0 Å². The quantitative estimate of drug-likeness (QED) is 0.731. The SMILES string of the molecule is Cc1nc(N)sc1C(=O)CN(C)C. The number of aryl methyl sites for hydroxylation is 1. The number of nitrogen functional groups attached to an aromatic ring is 1. The number of carbonyl (C=O) groups excluding carboxylic acids is 1. The zero-order valence-corrected chi connectivity index (χ0v) is 8.81. The average molecular weight is 199 g/mol.